The summed E-state index contributed by atoms with van der Waals surface area (Å²) in [5.41, 5.74) is 2.74. The molecule has 0 nitrogen and oxygen atoms in total. The summed E-state index contributed by atoms with van der Waals surface area (Å²) in [5.74, 6) is 0. The Morgan fingerprint density at radius 3 is 0.955 bits per heavy atom. The average molecular weight is 284 g/mol. The number of fused-ring (bicyclic) bond motifs is 2. The van der Waals surface area contributed by atoms with E-state index in [1.54, 1.807) is 0 Å². The number of aryl methyl sites for hydroxylation is 2. The molecule has 0 aromatic heterocycles. The van der Waals surface area contributed by atoms with Crippen molar-refractivity contribution in [1.29, 1.82) is 0 Å². The van der Waals surface area contributed by atoms with Gasteiger partial charge >= 0.3 is 0 Å². The van der Waals surface area contributed by atoms with Crippen LogP contribution in [0.4, 0.5) is 0 Å². The van der Waals surface area contributed by atoms with Gasteiger partial charge in [-0.1, -0.05) is 72.8 Å². The largest absolute Gasteiger partial charge is 0.0620 e. The first-order valence-electron chi connectivity index (χ1n) is 7.64. The van der Waals surface area contributed by atoms with Crippen molar-refractivity contribution in [3.05, 3.63) is 96.1 Å². The Balaban J connectivity index is 0.000000154. The molecule has 0 unspecified atom stereocenters. The minimum atomic E-state index is 1.31. The summed E-state index contributed by atoms with van der Waals surface area (Å²) in [6.45, 7) is 4.24. The van der Waals surface area contributed by atoms with Gasteiger partial charge in [0.2, 0.25) is 0 Å². The quantitative estimate of drug-likeness (QED) is 0.332. The molecular weight excluding hydrogens is 264 g/mol. The van der Waals surface area contributed by atoms with Crippen molar-refractivity contribution in [2.75, 3.05) is 0 Å². The molecule has 4 rings (SSSR count). The second-order valence-electron chi connectivity index (χ2n) is 5.63. The van der Waals surface area contributed by atoms with E-state index < -0.39 is 0 Å². The van der Waals surface area contributed by atoms with E-state index in [9.17, 15) is 0 Å². The molecule has 22 heavy (non-hydrogen) atoms. The van der Waals surface area contributed by atoms with Crippen LogP contribution in [0.1, 0.15) is 11.1 Å². The van der Waals surface area contributed by atoms with Crippen LogP contribution in [0.25, 0.3) is 21.5 Å². The minimum Gasteiger partial charge on any atom is -0.0620 e. The van der Waals surface area contributed by atoms with E-state index in [0.29, 0.717) is 0 Å². The van der Waals surface area contributed by atoms with Gasteiger partial charge in [-0.15, -0.1) is 0 Å². The molecule has 0 aliphatic heterocycles. The van der Waals surface area contributed by atoms with Crippen molar-refractivity contribution < 1.29 is 0 Å². The van der Waals surface area contributed by atoms with Crippen molar-refractivity contribution >= 4 is 21.5 Å². The van der Waals surface area contributed by atoms with Crippen molar-refractivity contribution in [2.45, 2.75) is 13.8 Å². The summed E-state index contributed by atoms with van der Waals surface area (Å²) in [6, 6.07) is 29.8. The van der Waals surface area contributed by atoms with E-state index in [4.69, 9.17) is 0 Å². The van der Waals surface area contributed by atoms with Crippen LogP contribution in [0, 0.1) is 13.8 Å². The molecule has 0 atom stereocenters. The monoisotopic (exact) mass is 284 g/mol. The summed E-state index contributed by atoms with van der Waals surface area (Å²) >= 11 is 0. The lowest BCUT2D eigenvalue weighted by Gasteiger charge is -2.00. The lowest BCUT2D eigenvalue weighted by Crippen LogP contribution is -1.74. The summed E-state index contributed by atoms with van der Waals surface area (Å²) in [5, 5.41) is 5.25. The number of benzene rings is 4. The van der Waals surface area contributed by atoms with Gasteiger partial charge < -0.3 is 0 Å². The predicted octanol–water partition coefficient (Wildman–Crippen LogP) is 6.30. The first-order chi connectivity index (χ1) is 10.7. The molecule has 4 aromatic rings. The van der Waals surface area contributed by atoms with Gasteiger partial charge in [-0.3, -0.25) is 0 Å². The molecule has 0 radical (unpaired) electrons. The maximum absolute atomic E-state index is 2.24. The van der Waals surface area contributed by atoms with Crippen molar-refractivity contribution in [2.24, 2.45) is 0 Å². The molecule has 0 amide bonds. The van der Waals surface area contributed by atoms with E-state index in [1.165, 1.54) is 32.7 Å². The molecule has 0 heterocycles. The van der Waals surface area contributed by atoms with Crippen LogP contribution in [0.3, 0.4) is 0 Å². The smallest absolute Gasteiger partial charge is 0.0178 e. The van der Waals surface area contributed by atoms with Crippen LogP contribution in [0.15, 0.2) is 84.9 Å². The molecule has 0 bridgehead atoms. The van der Waals surface area contributed by atoms with Crippen molar-refractivity contribution in [1.82, 2.24) is 0 Å². The lowest BCUT2D eigenvalue weighted by molar-refractivity contribution is 1.34. The van der Waals surface area contributed by atoms with Gasteiger partial charge in [0, 0.05) is 0 Å². The zero-order valence-electron chi connectivity index (χ0n) is 13.1. The summed E-state index contributed by atoms with van der Waals surface area (Å²) < 4.78 is 0. The molecule has 0 N–H and O–H groups in total. The van der Waals surface area contributed by atoms with E-state index in [0.717, 1.165) is 0 Å². The fourth-order valence-electron chi connectivity index (χ4n) is 2.55. The van der Waals surface area contributed by atoms with Gasteiger partial charge in [0.15, 0.2) is 0 Å². The number of hydrogen-bond donors (Lipinski definition) is 0. The first kappa shape index (κ1) is 14.3. The molecule has 0 aliphatic rings. The molecule has 0 spiro atoms. The molecule has 0 saturated carbocycles. The number of hydrogen-bond acceptors (Lipinski definition) is 0. The lowest BCUT2D eigenvalue weighted by atomic mass is 10.0. The zero-order valence-corrected chi connectivity index (χ0v) is 13.1. The van der Waals surface area contributed by atoms with Crippen LogP contribution in [0.2, 0.25) is 0 Å². The molecule has 4 aromatic carbocycles. The van der Waals surface area contributed by atoms with Gasteiger partial charge in [0.05, 0.1) is 0 Å². The fourth-order valence-corrected chi connectivity index (χ4v) is 2.55. The highest BCUT2D eigenvalue weighted by Gasteiger charge is 1.95. The highest BCUT2D eigenvalue weighted by Crippen LogP contribution is 2.22. The molecule has 0 fully saturated rings. The summed E-state index contributed by atoms with van der Waals surface area (Å²) in [4.78, 5) is 0. The first-order valence-corrected chi connectivity index (χ1v) is 7.64. The van der Waals surface area contributed by atoms with Crippen LogP contribution >= 0.6 is 0 Å². The third kappa shape index (κ3) is 3.17. The molecule has 108 valence electrons. The van der Waals surface area contributed by atoms with Gasteiger partial charge in [-0.25, -0.2) is 0 Å². The highest BCUT2D eigenvalue weighted by molar-refractivity contribution is 5.98. The number of rotatable bonds is 0. The highest BCUT2D eigenvalue weighted by atomic mass is 14.0. The van der Waals surface area contributed by atoms with Crippen LogP contribution in [-0.4, -0.2) is 0 Å². The Labute approximate surface area is 132 Å². The van der Waals surface area contributed by atoms with Crippen LogP contribution < -0.4 is 0 Å². The topological polar surface area (TPSA) is 0 Å². The van der Waals surface area contributed by atoms with Crippen molar-refractivity contribution in [3.8, 4) is 0 Å². The van der Waals surface area contributed by atoms with Crippen LogP contribution in [-0.2, 0) is 0 Å². The SMILES string of the molecule is Cc1ccccc1C.c1ccc2cc3ccccc3cc2c1. The zero-order chi connectivity index (χ0) is 15.4. The Kier molecular flexibility index (Phi) is 4.20. The van der Waals surface area contributed by atoms with E-state index in [1.807, 2.05) is 0 Å². The Morgan fingerprint density at radius 2 is 0.682 bits per heavy atom. The second kappa shape index (κ2) is 6.44. The molecular formula is C22H20. The van der Waals surface area contributed by atoms with Gasteiger partial charge in [0.25, 0.3) is 0 Å². The average Bonchev–Trinajstić information content (AvgIpc) is 2.56. The van der Waals surface area contributed by atoms with Crippen molar-refractivity contribution in [3.63, 3.8) is 0 Å². The molecule has 0 heteroatoms. The normalized spacial score (nSPS) is 10.3. The van der Waals surface area contributed by atoms with Gasteiger partial charge in [-0.05, 0) is 58.7 Å². The third-order valence-corrected chi connectivity index (χ3v) is 4.04. The third-order valence-electron chi connectivity index (χ3n) is 4.04. The minimum absolute atomic E-state index is 1.31. The van der Waals surface area contributed by atoms with Crippen LogP contribution in [0.5, 0.6) is 0 Å². The van der Waals surface area contributed by atoms with E-state index >= 15 is 0 Å². The van der Waals surface area contributed by atoms with E-state index in [2.05, 4.69) is 98.8 Å². The fraction of sp³-hybridized carbons (Fsp3) is 0.0909. The maximum Gasteiger partial charge on any atom is -0.0178 e. The standard InChI is InChI=1S/C14H10.C8H10/c1-2-6-12-10-14-8-4-3-7-13(14)9-11(12)5-1;1-7-5-3-4-6-8(7)2/h1-10H;3-6H,1-2H3. The molecule has 0 aliphatic carbocycles. The van der Waals surface area contributed by atoms with Gasteiger partial charge in [0.1, 0.15) is 0 Å². The Hall–Kier alpha value is -2.60. The summed E-state index contributed by atoms with van der Waals surface area (Å²) in [6.07, 6.45) is 0. The predicted molar refractivity (Wildman–Crippen MR) is 97.4 cm³/mol. The second-order valence-corrected chi connectivity index (χ2v) is 5.63. The maximum atomic E-state index is 2.24. The Morgan fingerprint density at radius 1 is 0.409 bits per heavy atom. The van der Waals surface area contributed by atoms with E-state index in [-0.39, 0.29) is 0 Å². The molecule has 0 saturated heterocycles. The Bertz CT molecular complexity index is 777. The van der Waals surface area contributed by atoms with Gasteiger partial charge in [-0.2, -0.15) is 0 Å². The summed E-state index contributed by atoms with van der Waals surface area (Å²) in [7, 11) is 0.